The highest BCUT2D eigenvalue weighted by molar-refractivity contribution is 6.30. The van der Waals surface area contributed by atoms with E-state index >= 15 is 0 Å². The summed E-state index contributed by atoms with van der Waals surface area (Å²) in [5.74, 6) is -1.17. The molecule has 1 atom stereocenters. The summed E-state index contributed by atoms with van der Waals surface area (Å²) in [4.78, 5) is 26.6. The van der Waals surface area contributed by atoms with Crippen molar-refractivity contribution < 1.29 is 14.7 Å². The van der Waals surface area contributed by atoms with E-state index in [2.05, 4.69) is 15.4 Å². The summed E-state index contributed by atoms with van der Waals surface area (Å²) in [5.41, 5.74) is 0.106. The normalized spacial score (nSPS) is 11.9. The lowest BCUT2D eigenvalue weighted by atomic mass is 10.3. The minimum absolute atomic E-state index is 0.106. The van der Waals surface area contributed by atoms with Gasteiger partial charge in [-0.2, -0.15) is 5.10 Å². The van der Waals surface area contributed by atoms with Gasteiger partial charge in [0.1, 0.15) is 11.9 Å². The molecule has 0 saturated heterocycles. The van der Waals surface area contributed by atoms with Gasteiger partial charge in [0.15, 0.2) is 5.69 Å². The molecular weight excluding hydrogens is 284 g/mol. The second-order valence-corrected chi connectivity index (χ2v) is 4.45. The van der Waals surface area contributed by atoms with Gasteiger partial charge in [0.25, 0.3) is 5.91 Å². The number of hydrogen-bond donors (Lipinski definition) is 2. The quantitative estimate of drug-likeness (QED) is 0.896. The summed E-state index contributed by atoms with van der Waals surface area (Å²) in [6.07, 6.45) is 2.84. The number of aliphatic carboxylic acids is 1. The standard InChI is InChI=1S/C12H11ClN4O3/c1-7(12(19)20)17-5-4-9(16-17)11(18)15-10-3-2-8(13)6-14-10/h2-7H,1H3,(H,19,20)(H,14,15,18). The number of nitrogens with one attached hydrogen (secondary N) is 1. The van der Waals surface area contributed by atoms with Crippen molar-refractivity contribution in [2.24, 2.45) is 0 Å². The van der Waals surface area contributed by atoms with Crippen LogP contribution in [0.4, 0.5) is 5.82 Å². The molecule has 0 saturated carbocycles. The first-order valence-electron chi connectivity index (χ1n) is 5.68. The van der Waals surface area contributed by atoms with Gasteiger partial charge in [0.2, 0.25) is 0 Å². The Morgan fingerprint density at radius 3 is 2.75 bits per heavy atom. The molecule has 0 fully saturated rings. The van der Waals surface area contributed by atoms with E-state index in [4.69, 9.17) is 16.7 Å². The molecule has 0 spiro atoms. The van der Waals surface area contributed by atoms with Gasteiger partial charge in [-0.3, -0.25) is 9.48 Å². The Morgan fingerprint density at radius 1 is 1.40 bits per heavy atom. The van der Waals surface area contributed by atoms with Crippen LogP contribution in [0.5, 0.6) is 0 Å². The fourth-order valence-corrected chi connectivity index (χ4v) is 1.53. The highest BCUT2D eigenvalue weighted by atomic mass is 35.5. The van der Waals surface area contributed by atoms with E-state index in [0.717, 1.165) is 0 Å². The molecule has 2 heterocycles. The SMILES string of the molecule is CC(C(=O)O)n1ccc(C(=O)Nc2ccc(Cl)cn2)n1. The van der Waals surface area contributed by atoms with E-state index in [1.54, 1.807) is 12.1 Å². The van der Waals surface area contributed by atoms with E-state index in [1.807, 2.05) is 0 Å². The van der Waals surface area contributed by atoms with E-state index in [-0.39, 0.29) is 5.69 Å². The van der Waals surface area contributed by atoms with E-state index in [1.165, 1.54) is 30.1 Å². The van der Waals surface area contributed by atoms with Crippen molar-refractivity contribution in [3.05, 3.63) is 41.3 Å². The molecule has 0 aliphatic carbocycles. The average Bonchev–Trinajstić information content (AvgIpc) is 2.90. The zero-order chi connectivity index (χ0) is 14.7. The first-order chi connectivity index (χ1) is 9.47. The predicted octanol–water partition coefficient (Wildman–Crippen LogP) is 1.83. The minimum atomic E-state index is -1.03. The van der Waals surface area contributed by atoms with Gasteiger partial charge in [0.05, 0.1) is 5.02 Å². The Bertz CT molecular complexity index is 638. The van der Waals surface area contributed by atoms with Crippen molar-refractivity contribution in [2.45, 2.75) is 13.0 Å². The van der Waals surface area contributed by atoms with Gasteiger partial charge in [-0.05, 0) is 25.1 Å². The lowest BCUT2D eigenvalue weighted by Crippen LogP contribution is -2.18. The largest absolute Gasteiger partial charge is 0.480 e. The molecule has 2 N–H and O–H groups in total. The van der Waals surface area contributed by atoms with Crippen LogP contribution < -0.4 is 5.32 Å². The maximum absolute atomic E-state index is 11.9. The molecule has 2 aromatic rings. The molecule has 0 aliphatic heterocycles. The second-order valence-electron chi connectivity index (χ2n) is 4.01. The Hall–Kier alpha value is -2.41. The fraction of sp³-hybridized carbons (Fsp3) is 0.167. The fourth-order valence-electron chi connectivity index (χ4n) is 1.42. The van der Waals surface area contributed by atoms with Crippen LogP contribution in [-0.2, 0) is 4.79 Å². The molecule has 8 heteroatoms. The maximum atomic E-state index is 11.9. The third-order valence-corrected chi connectivity index (χ3v) is 2.79. The Morgan fingerprint density at radius 2 is 2.15 bits per heavy atom. The van der Waals surface area contributed by atoms with Crippen LogP contribution in [0.1, 0.15) is 23.5 Å². The van der Waals surface area contributed by atoms with Crippen LogP contribution in [0.25, 0.3) is 0 Å². The highest BCUT2D eigenvalue weighted by Gasteiger charge is 2.17. The van der Waals surface area contributed by atoms with Gasteiger partial charge in [-0.15, -0.1) is 0 Å². The number of pyridine rings is 1. The molecule has 2 aromatic heterocycles. The van der Waals surface area contributed by atoms with E-state index in [9.17, 15) is 9.59 Å². The van der Waals surface area contributed by atoms with Crippen molar-refractivity contribution in [1.82, 2.24) is 14.8 Å². The van der Waals surface area contributed by atoms with Crippen LogP contribution in [0.15, 0.2) is 30.6 Å². The van der Waals surface area contributed by atoms with Gasteiger partial charge >= 0.3 is 5.97 Å². The van der Waals surface area contributed by atoms with Crippen molar-refractivity contribution in [3.63, 3.8) is 0 Å². The van der Waals surface area contributed by atoms with Gasteiger partial charge < -0.3 is 10.4 Å². The van der Waals surface area contributed by atoms with Crippen LogP contribution in [0.2, 0.25) is 5.02 Å². The number of hydrogen-bond acceptors (Lipinski definition) is 4. The first-order valence-corrected chi connectivity index (χ1v) is 6.06. The number of aromatic nitrogens is 3. The Labute approximate surface area is 119 Å². The first kappa shape index (κ1) is 14.0. The molecule has 2 rings (SSSR count). The molecule has 1 amide bonds. The zero-order valence-corrected chi connectivity index (χ0v) is 11.2. The second kappa shape index (κ2) is 5.70. The summed E-state index contributed by atoms with van der Waals surface area (Å²) in [6.45, 7) is 1.47. The number of anilines is 1. The maximum Gasteiger partial charge on any atom is 0.328 e. The zero-order valence-electron chi connectivity index (χ0n) is 10.4. The number of carboxylic acid groups (broad SMARTS) is 1. The number of halogens is 1. The van der Waals surface area contributed by atoms with Crippen molar-refractivity contribution in [2.75, 3.05) is 5.32 Å². The summed E-state index contributed by atoms with van der Waals surface area (Å²) >= 11 is 5.69. The Kier molecular flexibility index (Phi) is 3.99. The molecule has 0 radical (unpaired) electrons. The smallest absolute Gasteiger partial charge is 0.328 e. The lowest BCUT2D eigenvalue weighted by molar-refractivity contribution is -0.140. The average molecular weight is 295 g/mol. The third kappa shape index (κ3) is 3.12. The molecule has 0 bridgehead atoms. The van der Waals surface area contributed by atoms with Crippen LogP contribution >= 0.6 is 11.6 Å². The predicted molar refractivity (Wildman–Crippen MR) is 71.8 cm³/mol. The van der Waals surface area contributed by atoms with E-state index in [0.29, 0.717) is 10.8 Å². The molecule has 20 heavy (non-hydrogen) atoms. The molecule has 104 valence electrons. The summed E-state index contributed by atoms with van der Waals surface area (Å²) in [5, 5.41) is 15.8. The van der Waals surface area contributed by atoms with Gasteiger partial charge in [-0.25, -0.2) is 9.78 Å². The monoisotopic (exact) mass is 294 g/mol. The van der Waals surface area contributed by atoms with Crippen LogP contribution in [0, 0.1) is 0 Å². The van der Waals surface area contributed by atoms with Crippen molar-refractivity contribution in [3.8, 4) is 0 Å². The van der Waals surface area contributed by atoms with E-state index < -0.39 is 17.9 Å². The summed E-state index contributed by atoms with van der Waals surface area (Å²) < 4.78 is 1.20. The van der Waals surface area contributed by atoms with Crippen LogP contribution in [0.3, 0.4) is 0 Å². The number of carbonyl (C=O) groups is 2. The molecule has 0 aromatic carbocycles. The lowest BCUT2D eigenvalue weighted by Gasteiger charge is -2.05. The molecule has 1 unspecified atom stereocenters. The van der Waals surface area contributed by atoms with Gasteiger partial charge in [-0.1, -0.05) is 11.6 Å². The summed E-state index contributed by atoms with van der Waals surface area (Å²) in [7, 11) is 0. The number of rotatable bonds is 4. The van der Waals surface area contributed by atoms with Crippen LogP contribution in [-0.4, -0.2) is 31.7 Å². The number of carbonyl (C=O) groups excluding carboxylic acids is 1. The molecule has 0 aliphatic rings. The summed E-state index contributed by atoms with van der Waals surface area (Å²) in [6, 6.07) is 3.74. The van der Waals surface area contributed by atoms with Gasteiger partial charge in [0, 0.05) is 12.4 Å². The number of amides is 1. The highest BCUT2D eigenvalue weighted by Crippen LogP contribution is 2.11. The Balaban J connectivity index is 2.10. The van der Waals surface area contributed by atoms with Crippen molar-refractivity contribution >= 4 is 29.3 Å². The molecular formula is C12H11ClN4O3. The molecule has 7 nitrogen and oxygen atoms in total. The minimum Gasteiger partial charge on any atom is -0.480 e. The number of nitrogens with zero attached hydrogens (tertiary/aromatic N) is 3. The number of carboxylic acids is 1. The third-order valence-electron chi connectivity index (χ3n) is 2.56. The topological polar surface area (TPSA) is 97.1 Å². The van der Waals surface area contributed by atoms with Crippen molar-refractivity contribution in [1.29, 1.82) is 0 Å².